The number of benzene rings is 3. The highest BCUT2D eigenvalue weighted by atomic mass is 32.2. The fourth-order valence-corrected chi connectivity index (χ4v) is 3.60. The average molecular weight is 391 g/mol. The van der Waals surface area contributed by atoms with Crippen LogP contribution in [0.5, 0.6) is 5.75 Å². The fourth-order valence-electron chi connectivity index (χ4n) is 2.83. The molecule has 0 atom stereocenters. The summed E-state index contributed by atoms with van der Waals surface area (Å²) in [4.78, 5) is 11.7. The summed E-state index contributed by atoms with van der Waals surface area (Å²) in [6.07, 6.45) is 2.25. The van der Waals surface area contributed by atoms with Gasteiger partial charge in [-0.05, 0) is 47.9 Å². The Morgan fingerprint density at radius 1 is 0.964 bits per heavy atom. The van der Waals surface area contributed by atoms with Crippen LogP contribution in [0.4, 0.5) is 0 Å². The monoisotopic (exact) mass is 390 g/mol. The molecule has 0 heterocycles. The van der Waals surface area contributed by atoms with Crippen LogP contribution in [0.3, 0.4) is 0 Å². The molecular formula is C24H22O3S. The van der Waals surface area contributed by atoms with E-state index in [4.69, 9.17) is 9.84 Å². The fraction of sp³-hybridized carbons (Fsp3) is 0.125. The summed E-state index contributed by atoms with van der Waals surface area (Å²) in [5.41, 5.74) is 4.87. The van der Waals surface area contributed by atoms with E-state index in [9.17, 15) is 4.79 Å². The largest absolute Gasteiger partial charge is 0.482 e. The Bertz CT molecular complexity index is 947. The minimum Gasteiger partial charge on any atom is -0.482 e. The van der Waals surface area contributed by atoms with Crippen LogP contribution >= 0.6 is 11.8 Å². The molecule has 0 aromatic heterocycles. The van der Waals surface area contributed by atoms with Gasteiger partial charge in [0.15, 0.2) is 6.61 Å². The van der Waals surface area contributed by atoms with Gasteiger partial charge in [-0.2, -0.15) is 0 Å². The Morgan fingerprint density at radius 2 is 1.68 bits per heavy atom. The number of aliphatic carboxylic acids is 1. The number of carboxylic acid groups (broad SMARTS) is 1. The van der Waals surface area contributed by atoms with E-state index >= 15 is 0 Å². The van der Waals surface area contributed by atoms with Gasteiger partial charge in [0, 0.05) is 10.6 Å². The van der Waals surface area contributed by atoms with Crippen molar-refractivity contribution in [2.45, 2.75) is 11.8 Å². The summed E-state index contributed by atoms with van der Waals surface area (Å²) in [6, 6.07) is 26.4. The van der Waals surface area contributed by atoms with Crippen LogP contribution in [0.15, 0.2) is 89.8 Å². The first-order valence-corrected chi connectivity index (χ1v) is 10.0. The van der Waals surface area contributed by atoms with Crippen molar-refractivity contribution in [3.8, 4) is 5.75 Å². The molecule has 3 aromatic rings. The predicted octanol–water partition coefficient (Wildman–Crippen LogP) is 5.68. The van der Waals surface area contributed by atoms with Gasteiger partial charge >= 0.3 is 5.97 Å². The van der Waals surface area contributed by atoms with E-state index < -0.39 is 5.97 Å². The van der Waals surface area contributed by atoms with Crippen LogP contribution in [-0.4, -0.2) is 23.4 Å². The molecule has 3 nitrogen and oxygen atoms in total. The summed E-state index contributed by atoms with van der Waals surface area (Å²) >= 11 is 1.73. The van der Waals surface area contributed by atoms with E-state index in [0.29, 0.717) is 5.75 Å². The number of carboxylic acids is 1. The maximum Gasteiger partial charge on any atom is 0.341 e. The normalized spacial score (nSPS) is 11.2. The molecule has 1 N–H and O–H groups in total. The Labute approximate surface area is 169 Å². The average Bonchev–Trinajstić information content (AvgIpc) is 2.71. The van der Waals surface area contributed by atoms with Crippen LogP contribution in [-0.2, 0) is 4.79 Å². The first-order valence-electron chi connectivity index (χ1n) is 9.02. The van der Waals surface area contributed by atoms with Gasteiger partial charge in [-0.1, -0.05) is 66.2 Å². The Morgan fingerprint density at radius 3 is 2.36 bits per heavy atom. The third kappa shape index (κ3) is 5.76. The summed E-state index contributed by atoms with van der Waals surface area (Å²) in [5.74, 6) is 0.410. The second kappa shape index (κ2) is 9.81. The maximum absolute atomic E-state index is 10.6. The molecule has 0 saturated carbocycles. The summed E-state index contributed by atoms with van der Waals surface area (Å²) in [6.45, 7) is 1.78. The molecule has 3 aromatic carbocycles. The van der Waals surface area contributed by atoms with E-state index in [0.717, 1.165) is 10.6 Å². The molecule has 0 amide bonds. The van der Waals surface area contributed by atoms with E-state index in [1.165, 1.54) is 22.3 Å². The van der Waals surface area contributed by atoms with Crippen molar-refractivity contribution in [2.75, 3.05) is 12.4 Å². The molecule has 0 radical (unpaired) electrons. The number of thioether (sulfide) groups is 1. The van der Waals surface area contributed by atoms with Crippen molar-refractivity contribution in [2.24, 2.45) is 0 Å². The topological polar surface area (TPSA) is 46.5 Å². The predicted molar refractivity (Wildman–Crippen MR) is 115 cm³/mol. The molecule has 0 aliphatic heterocycles. The SMILES string of the molecule is Cc1cccc(C(=CCSc2ccc(OCC(=O)O)cc2)c2ccccc2)c1. The van der Waals surface area contributed by atoms with Crippen LogP contribution in [0.1, 0.15) is 16.7 Å². The Hall–Kier alpha value is -2.98. The van der Waals surface area contributed by atoms with Gasteiger partial charge < -0.3 is 9.84 Å². The van der Waals surface area contributed by atoms with E-state index in [-0.39, 0.29) is 6.61 Å². The molecule has 142 valence electrons. The molecule has 0 unspecified atom stereocenters. The lowest BCUT2D eigenvalue weighted by Crippen LogP contribution is -2.09. The van der Waals surface area contributed by atoms with Crippen LogP contribution < -0.4 is 4.74 Å². The van der Waals surface area contributed by atoms with Gasteiger partial charge in [-0.25, -0.2) is 4.79 Å². The molecule has 4 heteroatoms. The summed E-state index contributed by atoms with van der Waals surface area (Å²) in [5, 5.41) is 8.67. The molecule has 0 aliphatic rings. The van der Waals surface area contributed by atoms with Crippen LogP contribution in [0.25, 0.3) is 5.57 Å². The molecule has 0 fully saturated rings. The van der Waals surface area contributed by atoms with Gasteiger partial charge in [0.05, 0.1) is 0 Å². The molecule has 3 rings (SSSR count). The van der Waals surface area contributed by atoms with Gasteiger partial charge in [-0.3, -0.25) is 0 Å². The number of hydrogen-bond acceptors (Lipinski definition) is 3. The first-order chi connectivity index (χ1) is 13.6. The van der Waals surface area contributed by atoms with Gasteiger partial charge in [0.25, 0.3) is 0 Å². The lowest BCUT2D eigenvalue weighted by atomic mass is 9.97. The standard InChI is InChI=1S/C24H22O3S/c1-18-6-5-9-20(16-18)23(19-7-3-2-4-8-19)14-15-28-22-12-10-21(11-13-22)27-17-24(25)26/h2-14,16H,15,17H2,1H3,(H,25,26). The third-order valence-corrected chi connectivity index (χ3v) is 5.08. The zero-order valence-corrected chi connectivity index (χ0v) is 16.5. The quantitative estimate of drug-likeness (QED) is 0.503. The van der Waals surface area contributed by atoms with Crippen molar-refractivity contribution in [1.29, 1.82) is 0 Å². The van der Waals surface area contributed by atoms with E-state index in [1.54, 1.807) is 23.9 Å². The van der Waals surface area contributed by atoms with E-state index in [2.05, 4.69) is 61.5 Å². The molecular weight excluding hydrogens is 368 g/mol. The molecule has 0 bridgehead atoms. The van der Waals surface area contributed by atoms with Crippen molar-refractivity contribution in [3.05, 3.63) is 102 Å². The van der Waals surface area contributed by atoms with Crippen LogP contribution in [0, 0.1) is 6.92 Å². The smallest absolute Gasteiger partial charge is 0.341 e. The minimum absolute atomic E-state index is 0.327. The highest BCUT2D eigenvalue weighted by Crippen LogP contribution is 2.27. The summed E-state index contributed by atoms with van der Waals surface area (Å²) < 4.78 is 5.17. The Kier molecular flexibility index (Phi) is 6.93. The Balaban J connectivity index is 1.72. The lowest BCUT2D eigenvalue weighted by molar-refractivity contribution is -0.139. The number of ether oxygens (including phenoxy) is 1. The number of aryl methyl sites for hydroxylation is 1. The van der Waals surface area contributed by atoms with Crippen molar-refractivity contribution >= 4 is 23.3 Å². The third-order valence-electron chi connectivity index (χ3n) is 4.14. The second-order valence-electron chi connectivity index (χ2n) is 6.32. The van der Waals surface area contributed by atoms with Crippen molar-refractivity contribution < 1.29 is 14.6 Å². The highest BCUT2D eigenvalue weighted by Gasteiger charge is 2.05. The van der Waals surface area contributed by atoms with Gasteiger partial charge in [0.2, 0.25) is 0 Å². The molecule has 0 saturated heterocycles. The van der Waals surface area contributed by atoms with Gasteiger partial charge in [-0.15, -0.1) is 11.8 Å². The molecule has 28 heavy (non-hydrogen) atoms. The number of rotatable bonds is 8. The first kappa shape index (κ1) is 19.8. The van der Waals surface area contributed by atoms with Crippen LogP contribution in [0.2, 0.25) is 0 Å². The van der Waals surface area contributed by atoms with E-state index in [1.807, 2.05) is 18.2 Å². The van der Waals surface area contributed by atoms with Crippen molar-refractivity contribution in [3.63, 3.8) is 0 Å². The van der Waals surface area contributed by atoms with Gasteiger partial charge in [0.1, 0.15) is 5.75 Å². The minimum atomic E-state index is -0.979. The number of hydrogen-bond donors (Lipinski definition) is 1. The highest BCUT2D eigenvalue weighted by molar-refractivity contribution is 7.99. The molecule has 0 aliphatic carbocycles. The zero-order valence-electron chi connectivity index (χ0n) is 15.7. The number of carbonyl (C=O) groups is 1. The summed E-state index contributed by atoms with van der Waals surface area (Å²) in [7, 11) is 0. The molecule has 0 spiro atoms. The lowest BCUT2D eigenvalue weighted by Gasteiger charge is -2.10. The van der Waals surface area contributed by atoms with Crippen molar-refractivity contribution in [1.82, 2.24) is 0 Å². The zero-order chi connectivity index (χ0) is 19.8. The second-order valence-corrected chi connectivity index (χ2v) is 7.41. The maximum atomic E-state index is 10.6.